The Morgan fingerprint density at radius 2 is 1.91 bits per heavy atom. The average Bonchev–Trinajstić information content (AvgIpc) is 2.56. The number of carbonyl (C=O) groups is 1. The molecule has 116 valence electrons. The van der Waals surface area contributed by atoms with Gasteiger partial charge in [-0.2, -0.15) is 0 Å². The van der Waals surface area contributed by atoms with Crippen molar-refractivity contribution in [2.24, 2.45) is 0 Å². The van der Waals surface area contributed by atoms with Crippen LogP contribution in [0.5, 0.6) is 0 Å². The summed E-state index contributed by atoms with van der Waals surface area (Å²) in [5, 5.41) is 5.96. The molecule has 2 aromatic rings. The van der Waals surface area contributed by atoms with Crippen molar-refractivity contribution in [2.45, 2.75) is 33.1 Å². The number of unbranched alkanes of at least 4 members (excludes halogenated alkanes) is 1. The zero-order valence-corrected chi connectivity index (χ0v) is 13.1. The summed E-state index contributed by atoms with van der Waals surface area (Å²) in [6.07, 6.45) is 4.72. The van der Waals surface area contributed by atoms with Crippen LogP contribution in [0.4, 0.5) is 11.6 Å². The van der Waals surface area contributed by atoms with Gasteiger partial charge in [-0.1, -0.05) is 32.4 Å². The largest absolute Gasteiger partial charge is 0.354 e. The number of rotatable bonds is 7. The molecule has 0 atom stereocenters. The van der Waals surface area contributed by atoms with E-state index in [0.29, 0.717) is 11.6 Å². The van der Waals surface area contributed by atoms with Gasteiger partial charge in [0, 0.05) is 18.4 Å². The number of hydrogen-bond acceptors (Lipinski definition) is 4. The number of nitrogens with one attached hydrogen (secondary N) is 2. The summed E-state index contributed by atoms with van der Waals surface area (Å²) in [5.74, 6) is 0.257. The van der Waals surface area contributed by atoms with Crippen molar-refractivity contribution in [1.82, 2.24) is 9.97 Å². The van der Waals surface area contributed by atoms with Crippen LogP contribution in [0.1, 0.15) is 42.7 Å². The number of aryl methyl sites for hydroxylation is 1. The van der Waals surface area contributed by atoms with E-state index in [4.69, 9.17) is 0 Å². The molecule has 0 saturated heterocycles. The number of anilines is 2. The molecule has 1 aromatic carbocycles. The molecule has 5 nitrogen and oxygen atoms in total. The molecule has 0 aliphatic rings. The van der Waals surface area contributed by atoms with E-state index in [1.165, 1.54) is 5.56 Å². The lowest BCUT2D eigenvalue weighted by atomic mass is 10.1. The third kappa shape index (κ3) is 4.55. The van der Waals surface area contributed by atoms with E-state index in [0.717, 1.165) is 31.5 Å². The van der Waals surface area contributed by atoms with Crippen molar-refractivity contribution in [1.29, 1.82) is 0 Å². The minimum absolute atomic E-state index is 0.231. The summed E-state index contributed by atoms with van der Waals surface area (Å²) in [6, 6.07) is 9.43. The van der Waals surface area contributed by atoms with E-state index in [-0.39, 0.29) is 5.91 Å². The van der Waals surface area contributed by atoms with Crippen molar-refractivity contribution >= 4 is 17.5 Å². The van der Waals surface area contributed by atoms with Crippen LogP contribution >= 0.6 is 0 Å². The normalized spacial score (nSPS) is 10.3. The van der Waals surface area contributed by atoms with E-state index in [9.17, 15) is 4.79 Å². The molecular weight excluding hydrogens is 276 g/mol. The molecule has 1 amide bonds. The van der Waals surface area contributed by atoms with Crippen LogP contribution in [0, 0.1) is 0 Å². The third-order valence-electron chi connectivity index (χ3n) is 3.32. The monoisotopic (exact) mass is 298 g/mol. The Morgan fingerprint density at radius 1 is 1.14 bits per heavy atom. The topological polar surface area (TPSA) is 66.9 Å². The summed E-state index contributed by atoms with van der Waals surface area (Å²) in [5.41, 5.74) is 2.36. The Morgan fingerprint density at radius 3 is 2.59 bits per heavy atom. The number of aromatic nitrogens is 2. The SMILES string of the molecule is CCCCNc1nccc(C(=O)Nc2ccc(CC)cc2)n1. The number of amides is 1. The zero-order valence-electron chi connectivity index (χ0n) is 13.1. The molecule has 0 aliphatic heterocycles. The second-order valence-electron chi connectivity index (χ2n) is 5.05. The predicted octanol–water partition coefficient (Wildman–Crippen LogP) is 3.50. The molecule has 0 unspecified atom stereocenters. The second-order valence-corrected chi connectivity index (χ2v) is 5.05. The fourth-order valence-electron chi connectivity index (χ4n) is 1.97. The average molecular weight is 298 g/mol. The van der Waals surface area contributed by atoms with Gasteiger partial charge in [0.25, 0.3) is 5.91 Å². The van der Waals surface area contributed by atoms with Crippen LogP contribution in [-0.2, 0) is 6.42 Å². The molecule has 0 spiro atoms. The van der Waals surface area contributed by atoms with Crippen LogP contribution in [0.2, 0.25) is 0 Å². The Kier molecular flexibility index (Phi) is 5.89. The quantitative estimate of drug-likeness (QED) is 0.768. The van der Waals surface area contributed by atoms with Gasteiger partial charge in [-0.25, -0.2) is 9.97 Å². The van der Waals surface area contributed by atoms with E-state index in [1.54, 1.807) is 12.3 Å². The fourth-order valence-corrected chi connectivity index (χ4v) is 1.97. The van der Waals surface area contributed by atoms with Gasteiger partial charge in [0.2, 0.25) is 5.95 Å². The fraction of sp³-hybridized carbons (Fsp3) is 0.353. The lowest BCUT2D eigenvalue weighted by molar-refractivity contribution is 0.102. The van der Waals surface area contributed by atoms with Crippen LogP contribution < -0.4 is 10.6 Å². The molecule has 0 radical (unpaired) electrons. The number of hydrogen-bond donors (Lipinski definition) is 2. The Hall–Kier alpha value is -2.43. The highest BCUT2D eigenvalue weighted by molar-refractivity contribution is 6.02. The first-order chi connectivity index (χ1) is 10.7. The van der Waals surface area contributed by atoms with Crippen molar-refractivity contribution in [3.05, 3.63) is 47.8 Å². The first kappa shape index (κ1) is 15.9. The van der Waals surface area contributed by atoms with Gasteiger partial charge in [0.05, 0.1) is 0 Å². The first-order valence-corrected chi connectivity index (χ1v) is 7.70. The number of benzene rings is 1. The molecule has 2 rings (SSSR count). The standard InChI is InChI=1S/C17H22N4O/c1-3-5-11-18-17-19-12-10-15(21-17)16(22)20-14-8-6-13(4-2)7-9-14/h6-10,12H,3-5,11H2,1-2H3,(H,20,22)(H,18,19,21). The molecular formula is C17H22N4O. The lowest BCUT2D eigenvalue weighted by Gasteiger charge is -2.07. The lowest BCUT2D eigenvalue weighted by Crippen LogP contribution is -2.15. The molecule has 1 heterocycles. The molecule has 0 fully saturated rings. The second kappa shape index (κ2) is 8.12. The predicted molar refractivity (Wildman–Crippen MR) is 89.2 cm³/mol. The van der Waals surface area contributed by atoms with Gasteiger partial charge in [-0.3, -0.25) is 4.79 Å². The first-order valence-electron chi connectivity index (χ1n) is 7.70. The van der Waals surface area contributed by atoms with Gasteiger partial charge < -0.3 is 10.6 Å². The highest BCUT2D eigenvalue weighted by Crippen LogP contribution is 2.11. The van der Waals surface area contributed by atoms with Gasteiger partial charge in [0.1, 0.15) is 5.69 Å². The Labute approximate surface area is 131 Å². The minimum atomic E-state index is -0.231. The molecule has 0 saturated carbocycles. The van der Waals surface area contributed by atoms with Crippen LogP contribution in [-0.4, -0.2) is 22.4 Å². The number of nitrogens with zero attached hydrogens (tertiary/aromatic N) is 2. The van der Waals surface area contributed by atoms with Gasteiger partial charge in [0.15, 0.2) is 0 Å². The molecule has 5 heteroatoms. The molecule has 0 aliphatic carbocycles. The minimum Gasteiger partial charge on any atom is -0.354 e. The maximum Gasteiger partial charge on any atom is 0.274 e. The highest BCUT2D eigenvalue weighted by Gasteiger charge is 2.09. The third-order valence-corrected chi connectivity index (χ3v) is 3.32. The zero-order chi connectivity index (χ0) is 15.8. The van der Waals surface area contributed by atoms with E-state index in [2.05, 4.69) is 34.4 Å². The summed E-state index contributed by atoms with van der Waals surface area (Å²) < 4.78 is 0. The van der Waals surface area contributed by atoms with Crippen LogP contribution in [0.15, 0.2) is 36.5 Å². The van der Waals surface area contributed by atoms with Crippen molar-refractivity contribution in [2.75, 3.05) is 17.2 Å². The van der Waals surface area contributed by atoms with E-state index >= 15 is 0 Å². The smallest absolute Gasteiger partial charge is 0.274 e. The van der Waals surface area contributed by atoms with Crippen LogP contribution in [0.25, 0.3) is 0 Å². The molecule has 22 heavy (non-hydrogen) atoms. The van der Waals surface area contributed by atoms with Gasteiger partial charge in [-0.15, -0.1) is 0 Å². The van der Waals surface area contributed by atoms with Gasteiger partial charge in [-0.05, 0) is 36.6 Å². The molecule has 1 aromatic heterocycles. The Bertz CT molecular complexity index is 610. The van der Waals surface area contributed by atoms with Crippen LogP contribution in [0.3, 0.4) is 0 Å². The highest BCUT2D eigenvalue weighted by atomic mass is 16.1. The molecule has 0 bridgehead atoms. The Balaban J connectivity index is 2.00. The summed E-state index contributed by atoms with van der Waals surface area (Å²) in [4.78, 5) is 20.6. The van der Waals surface area contributed by atoms with Crippen molar-refractivity contribution in [3.63, 3.8) is 0 Å². The summed E-state index contributed by atoms with van der Waals surface area (Å²) in [6.45, 7) is 5.03. The van der Waals surface area contributed by atoms with E-state index in [1.807, 2.05) is 24.3 Å². The summed E-state index contributed by atoms with van der Waals surface area (Å²) >= 11 is 0. The number of carbonyl (C=O) groups excluding carboxylic acids is 1. The maximum absolute atomic E-state index is 12.2. The molecule has 2 N–H and O–H groups in total. The maximum atomic E-state index is 12.2. The van der Waals surface area contributed by atoms with Crippen molar-refractivity contribution in [3.8, 4) is 0 Å². The summed E-state index contributed by atoms with van der Waals surface area (Å²) in [7, 11) is 0. The van der Waals surface area contributed by atoms with E-state index < -0.39 is 0 Å². The van der Waals surface area contributed by atoms with Gasteiger partial charge >= 0.3 is 0 Å². The van der Waals surface area contributed by atoms with Crippen molar-refractivity contribution < 1.29 is 4.79 Å².